The van der Waals surface area contributed by atoms with E-state index in [1.54, 1.807) is 6.07 Å². The van der Waals surface area contributed by atoms with E-state index in [1.165, 1.54) is 0 Å². The molecule has 2 N–H and O–H groups in total. The molecule has 1 heterocycles. The first-order valence-electron chi connectivity index (χ1n) is 7.12. The Morgan fingerprint density at radius 2 is 1.95 bits per heavy atom. The lowest BCUT2D eigenvalue weighted by Gasteiger charge is -2.16. The van der Waals surface area contributed by atoms with Crippen LogP contribution in [0, 0.1) is 0 Å². The summed E-state index contributed by atoms with van der Waals surface area (Å²) in [5.74, 6) is 1.39. The van der Waals surface area contributed by atoms with Crippen LogP contribution in [0.2, 0.25) is 0 Å². The molecule has 1 aliphatic rings. The van der Waals surface area contributed by atoms with Gasteiger partial charge in [-0.3, -0.25) is 0 Å². The number of hydrogen-bond acceptors (Lipinski definition) is 4. The molecular weight excluding hydrogens is 266 g/mol. The monoisotopic (exact) mass is 285 g/mol. The van der Waals surface area contributed by atoms with Gasteiger partial charge in [-0.15, -0.1) is 0 Å². The molecule has 21 heavy (non-hydrogen) atoms. The van der Waals surface area contributed by atoms with E-state index in [-0.39, 0.29) is 6.10 Å². The zero-order chi connectivity index (χ0) is 14.5. The fourth-order valence-electron chi connectivity index (χ4n) is 2.26. The maximum atomic E-state index is 5.94. The third kappa shape index (κ3) is 3.67. The lowest BCUT2D eigenvalue weighted by atomic mass is 10.2. The van der Waals surface area contributed by atoms with Crippen LogP contribution in [0.25, 0.3) is 0 Å². The van der Waals surface area contributed by atoms with Crippen molar-refractivity contribution in [2.75, 3.05) is 18.9 Å². The summed E-state index contributed by atoms with van der Waals surface area (Å²) in [6.45, 7) is 1.87. The lowest BCUT2D eigenvalue weighted by Crippen LogP contribution is -2.16. The van der Waals surface area contributed by atoms with Gasteiger partial charge in [-0.2, -0.15) is 0 Å². The van der Waals surface area contributed by atoms with Gasteiger partial charge in [0.2, 0.25) is 0 Å². The third-order valence-electron chi connectivity index (χ3n) is 3.39. The van der Waals surface area contributed by atoms with Crippen molar-refractivity contribution in [1.82, 2.24) is 0 Å². The van der Waals surface area contributed by atoms with Crippen molar-refractivity contribution in [3.63, 3.8) is 0 Å². The summed E-state index contributed by atoms with van der Waals surface area (Å²) in [4.78, 5) is 0. The van der Waals surface area contributed by atoms with Crippen LogP contribution in [-0.2, 0) is 11.3 Å². The fourth-order valence-corrected chi connectivity index (χ4v) is 2.26. The highest BCUT2D eigenvalue weighted by atomic mass is 16.6. The highest BCUT2D eigenvalue weighted by molar-refractivity contribution is 5.52. The van der Waals surface area contributed by atoms with E-state index in [0.717, 1.165) is 24.3 Å². The molecule has 1 aliphatic heterocycles. The van der Waals surface area contributed by atoms with Gasteiger partial charge >= 0.3 is 0 Å². The first-order chi connectivity index (χ1) is 10.3. The molecular formula is C17H19NO3. The van der Waals surface area contributed by atoms with Crippen molar-refractivity contribution < 1.29 is 14.2 Å². The van der Waals surface area contributed by atoms with Crippen LogP contribution < -0.4 is 15.2 Å². The van der Waals surface area contributed by atoms with Crippen LogP contribution in [0.4, 0.5) is 5.69 Å². The Morgan fingerprint density at radius 3 is 2.71 bits per heavy atom. The van der Waals surface area contributed by atoms with Crippen molar-refractivity contribution in [2.45, 2.75) is 19.1 Å². The second-order valence-corrected chi connectivity index (χ2v) is 5.08. The number of ether oxygens (including phenoxy) is 3. The van der Waals surface area contributed by atoms with E-state index < -0.39 is 0 Å². The van der Waals surface area contributed by atoms with E-state index in [9.17, 15) is 0 Å². The summed E-state index contributed by atoms with van der Waals surface area (Å²) in [6.07, 6.45) is 0.996. The molecule has 1 unspecified atom stereocenters. The van der Waals surface area contributed by atoms with Crippen LogP contribution in [-0.4, -0.2) is 19.3 Å². The van der Waals surface area contributed by atoms with E-state index >= 15 is 0 Å². The predicted octanol–water partition coefficient (Wildman–Crippen LogP) is 3.02. The maximum absolute atomic E-state index is 5.94. The van der Waals surface area contributed by atoms with E-state index in [4.69, 9.17) is 19.9 Å². The minimum absolute atomic E-state index is 0.0905. The molecule has 0 spiro atoms. The molecule has 0 bridgehead atoms. The number of nitrogens with two attached hydrogens (primary N) is 1. The quantitative estimate of drug-likeness (QED) is 0.858. The molecule has 1 saturated heterocycles. The third-order valence-corrected chi connectivity index (χ3v) is 3.39. The number of rotatable bonds is 5. The van der Waals surface area contributed by atoms with Gasteiger partial charge in [0.05, 0.1) is 13.2 Å². The molecule has 110 valence electrons. The van der Waals surface area contributed by atoms with Crippen molar-refractivity contribution in [2.24, 2.45) is 0 Å². The van der Waals surface area contributed by atoms with Crippen LogP contribution in [0.3, 0.4) is 0 Å². The molecule has 4 heteroatoms. The molecule has 2 aromatic carbocycles. The Labute approximate surface area is 124 Å². The SMILES string of the molecule is Nc1ccc(OC2CCOC2)c(OCc2ccccc2)c1. The van der Waals surface area contributed by atoms with Gasteiger partial charge in [0.15, 0.2) is 11.5 Å². The van der Waals surface area contributed by atoms with Crippen molar-refractivity contribution in [1.29, 1.82) is 0 Å². The average molecular weight is 285 g/mol. The summed E-state index contributed by atoms with van der Waals surface area (Å²) < 4.78 is 17.1. The molecule has 0 radical (unpaired) electrons. The van der Waals surface area contributed by atoms with Crippen LogP contribution in [0.5, 0.6) is 11.5 Å². The second kappa shape index (κ2) is 6.50. The smallest absolute Gasteiger partial charge is 0.163 e. The van der Waals surface area contributed by atoms with Crippen molar-refractivity contribution in [3.8, 4) is 11.5 Å². The largest absolute Gasteiger partial charge is 0.485 e. The van der Waals surface area contributed by atoms with Crippen LogP contribution >= 0.6 is 0 Å². The molecule has 0 amide bonds. The molecule has 3 rings (SSSR count). The molecule has 1 fully saturated rings. The number of nitrogen functional groups attached to an aromatic ring is 1. The molecule has 0 aliphatic carbocycles. The standard InChI is InChI=1S/C17H19NO3/c18-14-6-7-16(21-15-8-9-19-12-15)17(10-14)20-11-13-4-2-1-3-5-13/h1-7,10,15H,8-9,11-12,18H2. The molecule has 0 aromatic heterocycles. The summed E-state index contributed by atoms with van der Waals surface area (Å²) in [5.41, 5.74) is 7.61. The number of benzene rings is 2. The van der Waals surface area contributed by atoms with E-state index in [2.05, 4.69) is 0 Å². The van der Waals surface area contributed by atoms with Gasteiger partial charge in [0.1, 0.15) is 12.7 Å². The van der Waals surface area contributed by atoms with Gasteiger partial charge in [-0.1, -0.05) is 30.3 Å². The first-order valence-corrected chi connectivity index (χ1v) is 7.12. The zero-order valence-corrected chi connectivity index (χ0v) is 11.8. The van der Waals surface area contributed by atoms with E-state index in [1.807, 2.05) is 42.5 Å². The molecule has 0 saturated carbocycles. The average Bonchev–Trinajstić information content (AvgIpc) is 3.01. The Hall–Kier alpha value is -2.20. The highest BCUT2D eigenvalue weighted by Gasteiger charge is 2.19. The number of hydrogen-bond donors (Lipinski definition) is 1. The van der Waals surface area contributed by atoms with Gasteiger partial charge in [0, 0.05) is 18.2 Å². The van der Waals surface area contributed by atoms with Crippen LogP contribution in [0.1, 0.15) is 12.0 Å². The topological polar surface area (TPSA) is 53.7 Å². The zero-order valence-electron chi connectivity index (χ0n) is 11.8. The first kappa shape index (κ1) is 13.8. The molecule has 1 atom stereocenters. The Balaban J connectivity index is 1.71. The Morgan fingerprint density at radius 1 is 1.10 bits per heavy atom. The van der Waals surface area contributed by atoms with E-state index in [0.29, 0.717) is 24.7 Å². The second-order valence-electron chi connectivity index (χ2n) is 5.08. The molecule has 2 aromatic rings. The summed E-state index contributed by atoms with van der Waals surface area (Å²) in [5, 5.41) is 0. The summed E-state index contributed by atoms with van der Waals surface area (Å²) in [7, 11) is 0. The summed E-state index contributed by atoms with van der Waals surface area (Å²) >= 11 is 0. The molecule has 4 nitrogen and oxygen atoms in total. The number of anilines is 1. The minimum Gasteiger partial charge on any atom is -0.485 e. The lowest BCUT2D eigenvalue weighted by molar-refractivity contribution is 0.137. The van der Waals surface area contributed by atoms with Crippen molar-refractivity contribution in [3.05, 3.63) is 54.1 Å². The Kier molecular flexibility index (Phi) is 4.26. The van der Waals surface area contributed by atoms with Crippen LogP contribution in [0.15, 0.2) is 48.5 Å². The predicted molar refractivity (Wildman–Crippen MR) is 81.5 cm³/mol. The van der Waals surface area contributed by atoms with Crippen molar-refractivity contribution >= 4 is 5.69 Å². The van der Waals surface area contributed by atoms with Gasteiger partial charge in [-0.25, -0.2) is 0 Å². The Bertz CT molecular complexity index is 580. The fraction of sp³-hybridized carbons (Fsp3) is 0.294. The van der Waals surface area contributed by atoms with Gasteiger partial charge in [0.25, 0.3) is 0 Å². The summed E-state index contributed by atoms with van der Waals surface area (Å²) in [6, 6.07) is 15.5. The normalized spacial score (nSPS) is 17.6. The minimum atomic E-state index is 0.0905. The van der Waals surface area contributed by atoms with Gasteiger partial charge in [-0.05, 0) is 17.7 Å². The maximum Gasteiger partial charge on any atom is 0.163 e. The highest BCUT2D eigenvalue weighted by Crippen LogP contribution is 2.32. The van der Waals surface area contributed by atoms with Gasteiger partial charge < -0.3 is 19.9 Å².